The second kappa shape index (κ2) is 6.39. The predicted molar refractivity (Wildman–Crippen MR) is 96.0 cm³/mol. The summed E-state index contributed by atoms with van der Waals surface area (Å²) in [7, 11) is -0.894. The molecule has 1 saturated heterocycles. The van der Waals surface area contributed by atoms with Gasteiger partial charge in [-0.15, -0.1) is 0 Å². The van der Waals surface area contributed by atoms with E-state index < -0.39 is 10.8 Å². The molecule has 0 aliphatic carbocycles. The summed E-state index contributed by atoms with van der Waals surface area (Å²) in [5.41, 5.74) is 2.55. The Kier molecular flexibility index (Phi) is 4.45. The highest BCUT2D eigenvalue weighted by atomic mass is 32.2. The van der Waals surface area contributed by atoms with Gasteiger partial charge in [0, 0.05) is 41.5 Å². The molecular weight excluding hydrogens is 324 g/mol. The molecule has 1 atom stereocenters. The second-order valence-electron chi connectivity index (χ2n) is 6.61. The lowest BCUT2D eigenvalue weighted by Crippen LogP contribution is -2.53. The van der Waals surface area contributed by atoms with Gasteiger partial charge in [0.1, 0.15) is 0 Å². The third-order valence-corrected chi connectivity index (χ3v) is 6.02. The molecule has 1 aromatic carbocycles. The summed E-state index contributed by atoms with van der Waals surface area (Å²) < 4.78 is 13.4. The number of rotatable bonds is 2. The highest BCUT2D eigenvalue weighted by Crippen LogP contribution is 2.21. The first kappa shape index (κ1) is 16.7. The van der Waals surface area contributed by atoms with Crippen LogP contribution in [0.15, 0.2) is 36.5 Å². The van der Waals surface area contributed by atoms with Crippen LogP contribution in [-0.2, 0) is 10.8 Å². The molecule has 1 aromatic heterocycles. The lowest BCUT2D eigenvalue weighted by atomic mass is 10.2. The number of carbonyl (C=O) groups is 1. The fourth-order valence-corrected chi connectivity index (χ4v) is 3.98. The maximum absolute atomic E-state index is 12.5. The first-order valence-corrected chi connectivity index (χ1v) is 9.24. The number of amides is 2. The zero-order valence-electron chi connectivity index (χ0n) is 14.2. The van der Waals surface area contributed by atoms with Crippen LogP contribution in [0.25, 0.3) is 5.69 Å². The Bertz CT molecular complexity index is 784. The maximum Gasteiger partial charge on any atom is 0.321 e. The molecule has 7 heteroatoms. The summed E-state index contributed by atoms with van der Waals surface area (Å²) >= 11 is 0. The van der Waals surface area contributed by atoms with Crippen LogP contribution in [0.5, 0.6) is 0 Å². The smallest absolute Gasteiger partial charge is 0.321 e. The third-order valence-electron chi connectivity index (χ3n) is 4.11. The highest BCUT2D eigenvalue weighted by Gasteiger charge is 2.35. The van der Waals surface area contributed by atoms with E-state index in [4.69, 9.17) is 0 Å². The lowest BCUT2D eigenvalue weighted by molar-refractivity contribution is 0.207. The molecule has 1 N–H and O–H groups in total. The number of anilines is 1. The van der Waals surface area contributed by atoms with E-state index in [2.05, 4.69) is 10.4 Å². The van der Waals surface area contributed by atoms with E-state index in [1.54, 1.807) is 9.58 Å². The fraction of sp³-hybridized carbons (Fsp3) is 0.412. The van der Waals surface area contributed by atoms with Crippen LogP contribution in [0.4, 0.5) is 10.5 Å². The standard InChI is InChI=1S/C17H22N4O2S/c1-13-7-8-21(19-13)15-6-4-5-14(11-15)18-16(22)20-9-10-24(23)17(2,3)12-20/h4-8,11H,9-10,12H2,1-3H3,(H,18,22). The molecule has 0 bridgehead atoms. The molecule has 2 heterocycles. The molecule has 24 heavy (non-hydrogen) atoms. The molecule has 128 valence electrons. The molecule has 1 aliphatic rings. The number of nitrogens with zero attached hydrogens (tertiary/aromatic N) is 3. The van der Waals surface area contributed by atoms with E-state index in [1.165, 1.54) is 0 Å². The first-order chi connectivity index (χ1) is 11.3. The molecule has 1 unspecified atom stereocenters. The van der Waals surface area contributed by atoms with Crippen molar-refractivity contribution in [1.82, 2.24) is 14.7 Å². The third kappa shape index (κ3) is 3.51. The minimum atomic E-state index is -0.894. The van der Waals surface area contributed by atoms with Gasteiger partial charge in [0.15, 0.2) is 0 Å². The quantitative estimate of drug-likeness (QED) is 0.909. The second-order valence-corrected chi connectivity index (χ2v) is 8.82. The van der Waals surface area contributed by atoms with Crippen LogP contribution in [0.2, 0.25) is 0 Å². The van der Waals surface area contributed by atoms with Crippen molar-refractivity contribution in [2.75, 3.05) is 24.2 Å². The summed E-state index contributed by atoms with van der Waals surface area (Å²) in [6.07, 6.45) is 1.89. The van der Waals surface area contributed by atoms with Gasteiger partial charge < -0.3 is 10.2 Å². The molecule has 0 spiro atoms. The minimum Gasteiger partial charge on any atom is -0.322 e. The van der Waals surface area contributed by atoms with Gasteiger partial charge in [-0.3, -0.25) is 4.21 Å². The highest BCUT2D eigenvalue weighted by molar-refractivity contribution is 7.86. The molecule has 0 radical (unpaired) electrons. The van der Waals surface area contributed by atoms with E-state index in [9.17, 15) is 9.00 Å². The van der Waals surface area contributed by atoms with E-state index in [0.29, 0.717) is 18.8 Å². The van der Waals surface area contributed by atoms with Gasteiger partial charge in [-0.2, -0.15) is 5.10 Å². The number of nitrogens with one attached hydrogen (secondary N) is 1. The average molecular weight is 346 g/mol. The van der Waals surface area contributed by atoms with Gasteiger partial charge >= 0.3 is 6.03 Å². The van der Waals surface area contributed by atoms with Crippen LogP contribution in [0, 0.1) is 6.92 Å². The number of hydrogen-bond acceptors (Lipinski definition) is 3. The summed E-state index contributed by atoms with van der Waals surface area (Å²) in [5.74, 6) is 0.521. The number of carbonyl (C=O) groups excluding carboxylic acids is 1. The van der Waals surface area contributed by atoms with E-state index >= 15 is 0 Å². The van der Waals surface area contributed by atoms with Gasteiger partial charge in [0.2, 0.25) is 0 Å². The van der Waals surface area contributed by atoms with Crippen molar-refractivity contribution in [2.24, 2.45) is 0 Å². The Hall–Kier alpha value is -2.15. The van der Waals surface area contributed by atoms with Gasteiger partial charge in [0.05, 0.1) is 16.1 Å². The normalized spacial score (nSPS) is 20.0. The van der Waals surface area contributed by atoms with Crippen molar-refractivity contribution in [3.8, 4) is 5.69 Å². The van der Waals surface area contributed by atoms with Crippen molar-refractivity contribution in [3.05, 3.63) is 42.2 Å². The van der Waals surface area contributed by atoms with E-state index in [0.717, 1.165) is 17.1 Å². The van der Waals surface area contributed by atoms with Crippen molar-refractivity contribution in [1.29, 1.82) is 0 Å². The van der Waals surface area contributed by atoms with Gasteiger partial charge in [-0.25, -0.2) is 9.48 Å². The fourth-order valence-electron chi connectivity index (χ4n) is 2.74. The SMILES string of the molecule is Cc1ccn(-c2cccc(NC(=O)N3CCS(=O)C(C)(C)C3)c2)n1. The Morgan fingerprint density at radius 1 is 1.33 bits per heavy atom. The van der Waals surface area contributed by atoms with E-state index in [1.807, 2.05) is 57.3 Å². The van der Waals surface area contributed by atoms with E-state index in [-0.39, 0.29) is 10.8 Å². The Morgan fingerprint density at radius 2 is 2.12 bits per heavy atom. The summed E-state index contributed by atoms with van der Waals surface area (Å²) in [4.78, 5) is 14.2. The Morgan fingerprint density at radius 3 is 2.79 bits per heavy atom. The van der Waals surface area contributed by atoms with Crippen molar-refractivity contribution in [2.45, 2.75) is 25.5 Å². The molecule has 2 aromatic rings. The molecule has 3 rings (SSSR count). The zero-order valence-corrected chi connectivity index (χ0v) is 15.0. The van der Waals surface area contributed by atoms with Crippen LogP contribution in [0.1, 0.15) is 19.5 Å². The number of urea groups is 1. The minimum absolute atomic E-state index is 0.159. The molecular formula is C17H22N4O2S. The van der Waals surface area contributed by atoms with Crippen LogP contribution in [0.3, 0.4) is 0 Å². The number of aromatic nitrogens is 2. The topological polar surface area (TPSA) is 67.2 Å². The molecule has 2 amide bonds. The summed E-state index contributed by atoms with van der Waals surface area (Å²) in [5, 5.41) is 7.31. The van der Waals surface area contributed by atoms with Crippen molar-refractivity contribution >= 4 is 22.5 Å². The number of hydrogen-bond donors (Lipinski definition) is 1. The number of aryl methyl sites for hydroxylation is 1. The Labute approximate surface area is 144 Å². The Balaban J connectivity index is 1.72. The van der Waals surface area contributed by atoms with Crippen molar-refractivity contribution < 1.29 is 9.00 Å². The molecule has 1 fully saturated rings. The van der Waals surface area contributed by atoms with Gasteiger partial charge in [0.25, 0.3) is 0 Å². The molecule has 0 saturated carbocycles. The van der Waals surface area contributed by atoms with Gasteiger partial charge in [-0.1, -0.05) is 6.07 Å². The summed E-state index contributed by atoms with van der Waals surface area (Å²) in [6, 6.07) is 9.34. The average Bonchev–Trinajstić information content (AvgIpc) is 2.97. The van der Waals surface area contributed by atoms with Crippen LogP contribution >= 0.6 is 0 Å². The zero-order chi connectivity index (χ0) is 17.3. The van der Waals surface area contributed by atoms with Crippen molar-refractivity contribution in [3.63, 3.8) is 0 Å². The summed E-state index contributed by atoms with van der Waals surface area (Å²) in [6.45, 7) is 6.81. The van der Waals surface area contributed by atoms with Crippen LogP contribution < -0.4 is 5.32 Å². The largest absolute Gasteiger partial charge is 0.322 e. The monoisotopic (exact) mass is 346 g/mol. The van der Waals surface area contributed by atoms with Crippen LogP contribution in [-0.4, -0.2) is 48.5 Å². The predicted octanol–water partition coefficient (Wildman–Crippen LogP) is 2.56. The molecule has 1 aliphatic heterocycles. The lowest BCUT2D eigenvalue weighted by Gasteiger charge is -2.37. The molecule has 6 nitrogen and oxygen atoms in total. The number of benzene rings is 1. The first-order valence-electron chi connectivity index (χ1n) is 7.92. The van der Waals surface area contributed by atoms with Gasteiger partial charge in [-0.05, 0) is 45.0 Å². The maximum atomic E-state index is 12.5.